The zero-order chi connectivity index (χ0) is 19.4. The smallest absolute Gasteiger partial charge is 0.200 e. The number of benzene rings is 2. The SMILES string of the molecule is CC(O)CCCC=Cc1ncc2cc(-c3ccc(O)c(F)c3F)ccc2n1. The number of phenolic OH excluding ortho intramolecular Hbond substituents is 1. The number of aromatic hydroxyl groups is 1. The molecule has 4 nitrogen and oxygen atoms in total. The lowest BCUT2D eigenvalue weighted by Gasteiger charge is -2.07. The summed E-state index contributed by atoms with van der Waals surface area (Å²) in [5.41, 5.74) is 1.23. The maximum absolute atomic E-state index is 14.1. The predicted molar refractivity (Wildman–Crippen MR) is 101 cm³/mol. The molecule has 2 aromatic carbocycles. The van der Waals surface area contributed by atoms with Gasteiger partial charge in [0.25, 0.3) is 0 Å². The molecule has 1 heterocycles. The molecule has 0 saturated heterocycles. The largest absolute Gasteiger partial charge is 0.505 e. The van der Waals surface area contributed by atoms with Gasteiger partial charge in [-0.1, -0.05) is 12.1 Å². The maximum Gasteiger partial charge on any atom is 0.200 e. The number of allylic oxidation sites excluding steroid dienone is 1. The van der Waals surface area contributed by atoms with E-state index in [2.05, 4.69) is 9.97 Å². The molecule has 3 aromatic rings. The van der Waals surface area contributed by atoms with Gasteiger partial charge in [0, 0.05) is 17.1 Å². The van der Waals surface area contributed by atoms with Crippen LogP contribution in [0.25, 0.3) is 28.1 Å². The summed E-state index contributed by atoms with van der Waals surface area (Å²) in [4.78, 5) is 8.72. The summed E-state index contributed by atoms with van der Waals surface area (Å²) in [6.07, 6.45) is 7.60. The molecule has 1 unspecified atom stereocenters. The van der Waals surface area contributed by atoms with Gasteiger partial charge in [0.15, 0.2) is 17.4 Å². The molecule has 0 aliphatic heterocycles. The molecular weight excluding hydrogens is 350 g/mol. The number of nitrogens with zero attached hydrogens (tertiary/aromatic N) is 2. The number of hydrogen-bond acceptors (Lipinski definition) is 4. The van der Waals surface area contributed by atoms with Gasteiger partial charge in [0.05, 0.1) is 11.6 Å². The molecule has 0 radical (unpaired) electrons. The first-order chi connectivity index (χ1) is 13.0. The fraction of sp³-hybridized carbons (Fsp3) is 0.238. The standard InChI is InChI=1S/C21H20F2N2O2/c1-13(26)5-3-2-4-6-19-24-12-15-11-14(7-9-17(15)25-19)16-8-10-18(27)21(23)20(16)22/h4,6-13,26-27H,2-3,5H2,1H3. The second-order valence-electron chi connectivity index (χ2n) is 6.44. The van der Waals surface area contributed by atoms with Gasteiger partial charge in [0.1, 0.15) is 0 Å². The minimum absolute atomic E-state index is 0.0642. The van der Waals surface area contributed by atoms with Crippen LogP contribution in [0.2, 0.25) is 0 Å². The van der Waals surface area contributed by atoms with Crippen molar-refractivity contribution in [1.82, 2.24) is 9.97 Å². The van der Waals surface area contributed by atoms with Crippen molar-refractivity contribution in [3.05, 3.63) is 60.1 Å². The molecule has 1 aromatic heterocycles. The number of unbranched alkanes of at least 4 members (excludes halogenated alkanes) is 1. The highest BCUT2D eigenvalue weighted by atomic mass is 19.2. The predicted octanol–water partition coefficient (Wildman–Crippen LogP) is 4.84. The Morgan fingerprint density at radius 3 is 2.74 bits per heavy atom. The number of fused-ring (bicyclic) bond motifs is 1. The Morgan fingerprint density at radius 2 is 1.96 bits per heavy atom. The van der Waals surface area contributed by atoms with Crippen molar-refractivity contribution in [3.8, 4) is 16.9 Å². The van der Waals surface area contributed by atoms with Crippen LogP contribution in [0, 0.1) is 11.6 Å². The molecule has 6 heteroatoms. The van der Waals surface area contributed by atoms with E-state index in [1.54, 1.807) is 31.3 Å². The quantitative estimate of drug-likeness (QED) is 0.609. The van der Waals surface area contributed by atoms with E-state index in [1.807, 2.05) is 12.2 Å². The van der Waals surface area contributed by atoms with Crippen molar-refractivity contribution in [2.75, 3.05) is 0 Å². The summed E-state index contributed by atoms with van der Waals surface area (Å²) in [6.45, 7) is 1.77. The number of halogens is 2. The van der Waals surface area contributed by atoms with Crippen LogP contribution in [0.3, 0.4) is 0 Å². The number of rotatable bonds is 6. The first-order valence-corrected chi connectivity index (χ1v) is 8.74. The Balaban J connectivity index is 1.81. The van der Waals surface area contributed by atoms with Crippen LogP contribution in [0.1, 0.15) is 32.0 Å². The molecule has 1 atom stereocenters. The lowest BCUT2D eigenvalue weighted by Crippen LogP contribution is -1.97. The molecule has 27 heavy (non-hydrogen) atoms. The highest BCUT2D eigenvalue weighted by Gasteiger charge is 2.14. The Morgan fingerprint density at radius 1 is 1.15 bits per heavy atom. The zero-order valence-electron chi connectivity index (χ0n) is 14.9. The van der Waals surface area contributed by atoms with Crippen molar-refractivity contribution >= 4 is 17.0 Å². The van der Waals surface area contributed by atoms with E-state index in [0.29, 0.717) is 22.3 Å². The third-order valence-corrected chi connectivity index (χ3v) is 4.23. The van der Waals surface area contributed by atoms with Crippen LogP contribution in [0.5, 0.6) is 5.75 Å². The van der Waals surface area contributed by atoms with Gasteiger partial charge in [-0.25, -0.2) is 14.4 Å². The van der Waals surface area contributed by atoms with Gasteiger partial charge in [-0.05, 0) is 62.1 Å². The van der Waals surface area contributed by atoms with Crippen LogP contribution in [0.4, 0.5) is 8.78 Å². The van der Waals surface area contributed by atoms with Crippen LogP contribution in [-0.2, 0) is 0 Å². The minimum atomic E-state index is -1.26. The molecular formula is C21H20F2N2O2. The Labute approximate surface area is 155 Å². The second kappa shape index (κ2) is 8.22. The van der Waals surface area contributed by atoms with Gasteiger partial charge in [-0.15, -0.1) is 0 Å². The van der Waals surface area contributed by atoms with E-state index in [0.717, 1.165) is 25.3 Å². The van der Waals surface area contributed by atoms with E-state index in [1.165, 1.54) is 6.07 Å². The average Bonchev–Trinajstić information content (AvgIpc) is 2.65. The fourth-order valence-corrected chi connectivity index (χ4v) is 2.78. The third-order valence-electron chi connectivity index (χ3n) is 4.23. The summed E-state index contributed by atoms with van der Waals surface area (Å²) in [5.74, 6) is -2.51. The summed E-state index contributed by atoms with van der Waals surface area (Å²) in [6, 6.07) is 7.52. The highest BCUT2D eigenvalue weighted by molar-refractivity contribution is 5.84. The summed E-state index contributed by atoms with van der Waals surface area (Å²) < 4.78 is 27.7. The molecule has 0 aliphatic carbocycles. The molecule has 0 amide bonds. The molecule has 140 valence electrons. The number of aliphatic hydroxyl groups is 1. The summed E-state index contributed by atoms with van der Waals surface area (Å²) in [7, 11) is 0. The Bertz CT molecular complexity index is 987. The van der Waals surface area contributed by atoms with Crippen LogP contribution >= 0.6 is 0 Å². The lowest BCUT2D eigenvalue weighted by atomic mass is 10.0. The Kier molecular flexibility index (Phi) is 5.76. The average molecular weight is 370 g/mol. The molecule has 0 aliphatic rings. The van der Waals surface area contributed by atoms with Crippen LogP contribution < -0.4 is 0 Å². The van der Waals surface area contributed by atoms with Gasteiger partial charge < -0.3 is 10.2 Å². The van der Waals surface area contributed by atoms with Crippen molar-refractivity contribution in [3.63, 3.8) is 0 Å². The van der Waals surface area contributed by atoms with Crippen LogP contribution in [-0.4, -0.2) is 26.3 Å². The topological polar surface area (TPSA) is 66.2 Å². The Hall–Kier alpha value is -2.86. The summed E-state index contributed by atoms with van der Waals surface area (Å²) >= 11 is 0. The zero-order valence-corrected chi connectivity index (χ0v) is 14.9. The van der Waals surface area contributed by atoms with E-state index in [4.69, 9.17) is 0 Å². The number of phenols is 1. The molecule has 3 rings (SSSR count). The van der Waals surface area contributed by atoms with Gasteiger partial charge in [-0.3, -0.25) is 0 Å². The first kappa shape index (κ1) is 18.9. The lowest BCUT2D eigenvalue weighted by molar-refractivity contribution is 0.182. The molecule has 0 saturated carbocycles. The number of hydrogen-bond donors (Lipinski definition) is 2. The maximum atomic E-state index is 14.1. The van der Waals surface area contributed by atoms with Crippen molar-refractivity contribution in [2.45, 2.75) is 32.3 Å². The fourth-order valence-electron chi connectivity index (χ4n) is 2.78. The monoisotopic (exact) mass is 370 g/mol. The molecule has 0 fully saturated rings. The van der Waals surface area contributed by atoms with E-state index in [-0.39, 0.29) is 11.7 Å². The summed E-state index contributed by atoms with van der Waals surface area (Å²) in [5, 5.41) is 19.2. The van der Waals surface area contributed by atoms with Gasteiger partial charge in [0.2, 0.25) is 5.82 Å². The van der Waals surface area contributed by atoms with E-state index < -0.39 is 17.4 Å². The van der Waals surface area contributed by atoms with E-state index >= 15 is 0 Å². The van der Waals surface area contributed by atoms with Gasteiger partial charge in [-0.2, -0.15) is 4.39 Å². The van der Waals surface area contributed by atoms with Gasteiger partial charge >= 0.3 is 0 Å². The first-order valence-electron chi connectivity index (χ1n) is 8.74. The number of aromatic nitrogens is 2. The normalized spacial score (nSPS) is 12.7. The third kappa shape index (κ3) is 4.46. The minimum Gasteiger partial charge on any atom is -0.505 e. The van der Waals surface area contributed by atoms with Crippen LogP contribution in [0.15, 0.2) is 42.6 Å². The van der Waals surface area contributed by atoms with E-state index in [9.17, 15) is 19.0 Å². The van der Waals surface area contributed by atoms with Crippen molar-refractivity contribution < 1.29 is 19.0 Å². The highest BCUT2D eigenvalue weighted by Crippen LogP contribution is 2.30. The molecule has 0 bridgehead atoms. The van der Waals surface area contributed by atoms with Crippen molar-refractivity contribution in [1.29, 1.82) is 0 Å². The van der Waals surface area contributed by atoms with Crippen molar-refractivity contribution in [2.24, 2.45) is 0 Å². The number of aliphatic hydroxyl groups excluding tert-OH is 1. The second-order valence-corrected chi connectivity index (χ2v) is 6.44. The molecule has 2 N–H and O–H groups in total. The molecule has 0 spiro atoms.